The van der Waals surface area contributed by atoms with Gasteiger partial charge in [-0.1, -0.05) is 19.1 Å². The molecule has 136 valence electrons. The van der Waals surface area contributed by atoms with Crippen LogP contribution in [0.2, 0.25) is 0 Å². The van der Waals surface area contributed by atoms with Crippen molar-refractivity contribution >= 4 is 39.9 Å². The van der Waals surface area contributed by atoms with Crippen molar-refractivity contribution in [1.82, 2.24) is 4.98 Å². The Morgan fingerprint density at radius 2 is 2.08 bits per heavy atom. The Kier molecular flexibility index (Phi) is 5.32. The first-order valence-corrected chi connectivity index (χ1v) is 9.27. The van der Waals surface area contributed by atoms with Gasteiger partial charge in [0.25, 0.3) is 0 Å². The van der Waals surface area contributed by atoms with Crippen molar-refractivity contribution in [2.75, 3.05) is 16.8 Å². The molecular weight excluding hydrogens is 352 g/mol. The number of thiazole rings is 1. The molecule has 3 N–H and O–H groups in total. The average Bonchev–Trinajstić information content (AvgIpc) is 3.21. The Morgan fingerprint density at radius 1 is 1.35 bits per heavy atom. The fraction of sp³-hybridized carbons (Fsp3) is 0.333. The fourth-order valence-electron chi connectivity index (χ4n) is 2.88. The highest BCUT2D eigenvalue weighted by molar-refractivity contribution is 7.13. The standard InChI is InChI=1S/C18H20N4O3S/c1-2-11-3-5-14(6-4-11)22-9-12(7-16(22)24)17(25)21-18-20-13(10-26-18)8-15(19)23/h3-6,10,12H,2,7-9H2,1H3,(H2,19,23)(H,20,21,25)/t12-/m1/s1. The Hall–Kier alpha value is -2.74. The molecule has 0 radical (unpaired) electrons. The number of benzene rings is 1. The van der Waals surface area contributed by atoms with Gasteiger partial charge in [0.2, 0.25) is 17.7 Å². The number of rotatable bonds is 6. The summed E-state index contributed by atoms with van der Waals surface area (Å²) in [5.41, 5.74) is 7.67. The van der Waals surface area contributed by atoms with E-state index in [0.29, 0.717) is 17.4 Å². The predicted octanol–water partition coefficient (Wildman–Crippen LogP) is 1.72. The zero-order valence-corrected chi connectivity index (χ0v) is 15.2. The van der Waals surface area contributed by atoms with Crippen LogP contribution in [0.1, 0.15) is 24.6 Å². The number of carbonyl (C=O) groups is 3. The molecule has 1 aliphatic heterocycles. The summed E-state index contributed by atoms with van der Waals surface area (Å²) >= 11 is 1.23. The molecule has 7 nitrogen and oxygen atoms in total. The molecule has 0 aliphatic carbocycles. The van der Waals surface area contributed by atoms with Gasteiger partial charge in [0, 0.05) is 24.0 Å². The van der Waals surface area contributed by atoms with Crippen LogP contribution < -0.4 is 16.0 Å². The van der Waals surface area contributed by atoms with E-state index < -0.39 is 11.8 Å². The van der Waals surface area contributed by atoms with Gasteiger partial charge in [0.1, 0.15) is 0 Å². The van der Waals surface area contributed by atoms with Crippen LogP contribution in [0.25, 0.3) is 0 Å². The van der Waals surface area contributed by atoms with Gasteiger partial charge in [-0.05, 0) is 24.1 Å². The third kappa shape index (κ3) is 4.08. The van der Waals surface area contributed by atoms with Crippen LogP contribution in [0.5, 0.6) is 0 Å². The molecule has 1 atom stereocenters. The highest BCUT2D eigenvalue weighted by Crippen LogP contribution is 2.27. The van der Waals surface area contributed by atoms with Crippen LogP contribution in [0, 0.1) is 5.92 Å². The summed E-state index contributed by atoms with van der Waals surface area (Å²) in [4.78, 5) is 41.5. The minimum Gasteiger partial charge on any atom is -0.369 e. The van der Waals surface area contributed by atoms with Crippen LogP contribution in [-0.4, -0.2) is 29.3 Å². The quantitative estimate of drug-likeness (QED) is 0.805. The molecule has 3 amide bonds. The Balaban J connectivity index is 1.63. The maximum absolute atomic E-state index is 12.5. The maximum Gasteiger partial charge on any atom is 0.231 e. The molecule has 2 aromatic rings. The van der Waals surface area contributed by atoms with Gasteiger partial charge in [0.05, 0.1) is 18.0 Å². The van der Waals surface area contributed by atoms with E-state index in [4.69, 9.17) is 5.73 Å². The molecular formula is C18H20N4O3S. The molecule has 1 aliphatic rings. The second kappa shape index (κ2) is 7.65. The highest BCUT2D eigenvalue weighted by Gasteiger charge is 2.35. The first kappa shape index (κ1) is 18.1. The van der Waals surface area contributed by atoms with E-state index in [-0.39, 0.29) is 24.7 Å². The van der Waals surface area contributed by atoms with Gasteiger partial charge in [-0.3, -0.25) is 14.4 Å². The Morgan fingerprint density at radius 3 is 2.73 bits per heavy atom. The van der Waals surface area contributed by atoms with E-state index >= 15 is 0 Å². The second-order valence-electron chi connectivity index (χ2n) is 6.20. The second-order valence-corrected chi connectivity index (χ2v) is 7.06. The van der Waals surface area contributed by atoms with Crippen molar-refractivity contribution in [3.63, 3.8) is 0 Å². The molecule has 2 heterocycles. The van der Waals surface area contributed by atoms with Gasteiger partial charge < -0.3 is 16.0 Å². The lowest BCUT2D eigenvalue weighted by atomic mass is 10.1. The number of aromatic nitrogens is 1. The van der Waals surface area contributed by atoms with E-state index in [1.165, 1.54) is 16.9 Å². The van der Waals surface area contributed by atoms with Crippen LogP contribution >= 0.6 is 11.3 Å². The number of nitrogens with zero attached hydrogens (tertiary/aromatic N) is 2. The van der Waals surface area contributed by atoms with Crippen LogP contribution in [0.4, 0.5) is 10.8 Å². The number of nitrogens with two attached hydrogens (primary N) is 1. The van der Waals surface area contributed by atoms with Gasteiger partial charge in [0.15, 0.2) is 5.13 Å². The smallest absolute Gasteiger partial charge is 0.231 e. The summed E-state index contributed by atoms with van der Waals surface area (Å²) in [5.74, 6) is -1.22. The zero-order chi connectivity index (χ0) is 18.7. The van der Waals surface area contributed by atoms with Crippen molar-refractivity contribution in [3.8, 4) is 0 Å². The van der Waals surface area contributed by atoms with Crippen molar-refractivity contribution in [1.29, 1.82) is 0 Å². The topological polar surface area (TPSA) is 105 Å². The average molecular weight is 372 g/mol. The van der Waals surface area contributed by atoms with E-state index in [1.807, 2.05) is 24.3 Å². The van der Waals surface area contributed by atoms with Crippen LogP contribution in [0.15, 0.2) is 29.6 Å². The lowest BCUT2D eigenvalue weighted by Crippen LogP contribution is -2.28. The molecule has 0 spiro atoms. The summed E-state index contributed by atoms with van der Waals surface area (Å²) in [6, 6.07) is 7.81. The lowest BCUT2D eigenvalue weighted by molar-refractivity contribution is -0.122. The molecule has 1 fully saturated rings. The summed E-state index contributed by atoms with van der Waals surface area (Å²) < 4.78 is 0. The Bertz CT molecular complexity index is 831. The molecule has 1 aromatic carbocycles. The maximum atomic E-state index is 12.5. The van der Waals surface area contributed by atoms with Crippen LogP contribution in [-0.2, 0) is 27.2 Å². The molecule has 26 heavy (non-hydrogen) atoms. The van der Waals surface area contributed by atoms with Gasteiger partial charge >= 0.3 is 0 Å². The molecule has 8 heteroatoms. The van der Waals surface area contributed by atoms with Crippen molar-refractivity contribution in [2.24, 2.45) is 11.7 Å². The molecule has 1 saturated heterocycles. The predicted molar refractivity (Wildman–Crippen MR) is 99.9 cm³/mol. The fourth-order valence-corrected chi connectivity index (χ4v) is 3.59. The number of aryl methyl sites for hydroxylation is 1. The Labute approximate surface area is 155 Å². The number of anilines is 2. The number of hydrogen-bond donors (Lipinski definition) is 2. The van der Waals surface area contributed by atoms with Gasteiger partial charge in [-0.2, -0.15) is 0 Å². The number of nitrogens with one attached hydrogen (secondary N) is 1. The summed E-state index contributed by atoms with van der Waals surface area (Å²) in [6.45, 7) is 2.42. The summed E-state index contributed by atoms with van der Waals surface area (Å²) in [7, 11) is 0. The molecule has 3 rings (SSSR count). The van der Waals surface area contributed by atoms with E-state index in [0.717, 1.165) is 12.1 Å². The first-order valence-electron chi connectivity index (χ1n) is 8.39. The van der Waals surface area contributed by atoms with E-state index in [9.17, 15) is 14.4 Å². The SMILES string of the molecule is CCc1ccc(N2C[C@H](C(=O)Nc3nc(CC(N)=O)cs3)CC2=O)cc1. The highest BCUT2D eigenvalue weighted by atomic mass is 32.1. The third-order valence-electron chi connectivity index (χ3n) is 4.29. The minimum absolute atomic E-state index is 0.0375. The van der Waals surface area contributed by atoms with Crippen molar-refractivity contribution in [2.45, 2.75) is 26.2 Å². The van der Waals surface area contributed by atoms with E-state index in [1.54, 1.807) is 10.3 Å². The van der Waals surface area contributed by atoms with Crippen molar-refractivity contribution < 1.29 is 14.4 Å². The monoisotopic (exact) mass is 372 g/mol. The van der Waals surface area contributed by atoms with E-state index in [2.05, 4.69) is 17.2 Å². The van der Waals surface area contributed by atoms with Gasteiger partial charge in [-0.25, -0.2) is 4.98 Å². The molecule has 0 saturated carbocycles. The molecule has 0 unspecified atom stereocenters. The number of hydrogen-bond acceptors (Lipinski definition) is 5. The number of primary amides is 1. The van der Waals surface area contributed by atoms with Crippen LogP contribution in [0.3, 0.4) is 0 Å². The largest absolute Gasteiger partial charge is 0.369 e. The normalized spacial score (nSPS) is 16.7. The summed E-state index contributed by atoms with van der Waals surface area (Å²) in [5, 5.41) is 4.81. The van der Waals surface area contributed by atoms with Crippen molar-refractivity contribution in [3.05, 3.63) is 40.9 Å². The number of amides is 3. The lowest BCUT2D eigenvalue weighted by Gasteiger charge is -2.17. The molecule has 1 aromatic heterocycles. The number of carbonyl (C=O) groups excluding carboxylic acids is 3. The van der Waals surface area contributed by atoms with Gasteiger partial charge in [-0.15, -0.1) is 11.3 Å². The minimum atomic E-state index is -0.473. The zero-order valence-electron chi connectivity index (χ0n) is 14.4. The molecule has 0 bridgehead atoms. The third-order valence-corrected chi connectivity index (χ3v) is 5.10. The first-order chi connectivity index (χ1) is 12.5. The summed E-state index contributed by atoms with van der Waals surface area (Å²) in [6.07, 6.45) is 1.14.